The van der Waals surface area contributed by atoms with E-state index in [9.17, 15) is 4.79 Å². The van der Waals surface area contributed by atoms with Crippen LogP contribution in [0.3, 0.4) is 0 Å². The van der Waals surface area contributed by atoms with Crippen LogP contribution in [-0.2, 0) is 4.79 Å². The summed E-state index contributed by atoms with van der Waals surface area (Å²) in [5, 5.41) is 0. The van der Waals surface area contributed by atoms with Crippen molar-refractivity contribution in [3.63, 3.8) is 0 Å². The van der Waals surface area contributed by atoms with Crippen molar-refractivity contribution in [1.29, 1.82) is 0 Å². The van der Waals surface area contributed by atoms with Crippen molar-refractivity contribution in [3.8, 4) is 0 Å². The lowest BCUT2D eigenvalue weighted by Gasteiger charge is -2.31. The number of carbonyl (C=O) groups excluding carboxylic acids is 1. The van der Waals surface area contributed by atoms with Crippen molar-refractivity contribution >= 4 is 5.91 Å². The lowest BCUT2D eigenvalue weighted by atomic mass is 9.94. The number of hydrogen-bond acceptors (Lipinski definition) is 2. The standard InChI is InChI=1S/C17H26N2O/c1-2-14-10-12-19(13-11-14)17(20)9-8-16(18)15-6-4-3-5-7-15/h3-7,14,16H,2,8-13,18H2,1H3. The highest BCUT2D eigenvalue weighted by molar-refractivity contribution is 5.76. The molecule has 20 heavy (non-hydrogen) atoms. The topological polar surface area (TPSA) is 46.3 Å². The zero-order valence-electron chi connectivity index (χ0n) is 12.4. The fourth-order valence-corrected chi connectivity index (χ4v) is 2.89. The van der Waals surface area contributed by atoms with Crippen LogP contribution in [0.2, 0.25) is 0 Å². The van der Waals surface area contributed by atoms with Gasteiger partial charge in [0.1, 0.15) is 0 Å². The summed E-state index contributed by atoms with van der Waals surface area (Å²) in [5.41, 5.74) is 7.26. The van der Waals surface area contributed by atoms with Gasteiger partial charge < -0.3 is 10.6 Å². The molecule has 3 nitrogen and oxygen atoms in total. The second kappa shape index (κ2) is 7.44. The molecule has 1 aliphatic heterocycles. The lowest BCUT2D eigenvalue weighted by Crippen LogP contribution is -2.38. The molecule has 1 amide bonds. The molecule has 1 unspecified atom stereocenters. The molecule has 0 aliphatic carbocycles. The zero-order chi connectivity index (χ0) is 14.4. The van der Waals surface area contributed by atoms with Gasteiger partial charge >= 0.3 is 0 Å². The Kier molecular flexibility index (Phi) is 5.60. The van der Waals surface area contributed by atoms with Crippen LogP contribution in [0.25, 0.3) is 0 Å². The largest absolute Gasteiger partial charge is 0.343 e. The minimum Gasteiger partial charge on any atom is -0.343 e. The van der Waals surface area contributed by atoms with Gasteiger partial charge in [-0.25, -0.2) is 0 Å². The van der Waals surface area contributed by atoms with Crippen molar-refractivity contribution in [2.24, 2.45) is 11.7 Å². The molecule has 0 saturated carbocycles. The molecule has 0 aromatic heterocycles. The monoisotopic (exact) mass is 274 g/mol. The van der Waals surface area contributed by atoms with E-state index in [0.29, 0.717) is 6.42 Å². The molecule has 3 heteroatoms. The van der Waals surface area contributed by atoms with Gasteiger partial charge in [-0.2, -0.15) is 0 Å². The molecule has 1 aliphatic rings. The third-order valence-corrected chi connectivity index (χ3v) is 4.44. The number of carbonyl (C=O) groups is 1. The summed E-state index contributed by atoms with van der Waals surface area (Å²) in [6.45, 7) is 4.09. The van der Waals surface area contributed by atoms with Crippen molar-refractivity contribution < 1.29 is 4.79 Å². The smallest absolute Gasteiger partial charge is 0.222 e. The molecule has 1 aromatic rings. The van der Waals surface area contributed by atoms with Gasteiger partial charge in [0, 0.05) is 25.6 Å². The Hall–Kier alpha value is -1.35. The van der Waals surface area contributed by atoms with Crippen LogP contribution in [0.4, 0.5) is 0 Å². The lowest BCUT2D eigenvalue weighted by molar-refractivity contribution is -0.132. The first kappa shape index (κ1) is 15.0. The molecule has 110 valence electrons. The molecule has 1 aromatic carbocycles. The van der Waals surface area contributed by atoms with Crippen LogP contribution in [0.5, 0.6) is 0 Å². The summed E-state index contributed by atoms with van der Waals surface area (Å²) < 4.78 is 0. The Labute approximate surface area is 122 Å². The van der Waals surface area contributed by atoms with Crippen LogP contribution < -0.4 is 5.73 Å². The Balaban J connectivity index is 1.75. The summed E-state index contributed by atoms with van der Waals surface area (Å²) in [7, 11) is 0. The molecule has 2 N–H and O–H groups in total. The minimum absolute atomic E-state index is 0.0340. The van der Waals surface area contributed by atoms with E-state index in [0.717, 1.165) is 43.8 Å². The van der Waals surface area contributed by atoms with Crippen molar-refractivity contribution in [3.05, 3.63) is 35.9 Å². The molecule has 1 atom stereocenters. The highest BCUT2D eigenvalue weighted by Crippen LogP contribution is 2.22. The van der Waals surface area contributed by atoms with Gasteiger partial charge in [-0.05, 0) is 30.7 Å². The van der Waals surface area contributed by atoms with Gasteiger partial charge in [0.25, 0.3) is 0 Å². The summed E-state index contributed by atoms with van der Waals surface area (Å²) in [6.07, 6.45) is 4.85. The molecule has 2 rings (SSSR count). The Morgan fingerprint density at radius 2 is 1.95 bits per heavy atom. The van der Waals surface area contributed by atoms with Crippen LogP contribution in [0, 0.1) is 5.92 Å². The molecule has 0 bridgehead atoms. The van der Waals surface area contributed by atoms with Gasteiger partial charge in [0.15, 0.2) is 0 Å². The average molecular weight is 274 g/mol. The van der Waals surface area contributed by atoms with E-state index in [1.165, 1.54) is 6.42 Å². The summed E-state index contributed by atoms with van der Waals surface area (Å²) >= 11 is 0. The quantitative estimate of drug-likeness (QED) is 0.896. The molecule has 1 fully saturated rings. The highest BCUT2D eigenvalue weighted by Gasteiger charge is 2.21. The average Bonchev–Trinajstić information content (AvgIpc) is 2.53. The first-order valence-corrected chi connectivity index (χ1v) is 7.79. The van der Waals surface area contributed by atoms with Crippen molar-refractivity contribution in [2.75, 3.05) is 13.1 Å². The van der Waals surface area contributed by atoms with E-state index >= 15 is 0 Å². The number of nitrogens with two attached hydrogens (primary N) is 1. The predicted molar refractivity (Wildman–Crippen MR) is 82.2 cm³/mol. The SMILES string of the molecule is CCC1CCN(C(=O)CCC(N)c2ccccc2)CC1. The summed E-state index contributed by atoms with van der Waals surface area (Å²) in [6, 6.07) is 10.00. The van der Waals surface area contributed by atoms with E-state index in [2.05, 4.69) is 6.92 Å². The van der Waals surface area contributed by atoms with Crippen molar-refractivity contribution in [1.82, 2.24) is 4.90 Å². The van der Waals surface area contributed by atoms with Gasteiger partial charge in [0.05, 0.1) is 0 Å². The number of likely N-dealkylation sites (tertiary alicyclic amines) is 1. The first-order valence-electron chi connectivity index (χ1n) is 7.79. The van der Waals surface area contributed by atoms with Crippen molar-refractivity contribution in [2.45, 2.75) is 45.1 Å². The Bertz CT molecular complexity index is 410. The minimum atomic E-state index is -0.0340. The second-order valence-corrected chi connectivity index (χ2v) is 5.79. The summed E-state index contributed by atoms with van der Waals surface area (Å²) in [4.78, 5) is 14.2. The van der Waals surface area contributed by atoms with E-state index in [4.69, 9.17) is 5.73 Å². The van der Waals surface area contributed by atoms with E-state index in [1.54, 1.807) is 0 Å². The predicted octanol–water partition coefficient (Wildman–Crippen LogP) is 3.12. The normalized spacial score (nSPS) is 18.0. The first-order chi connectivity index (χ1) is 9.70. The maximum Gasteiger partial charge on any atom is 0.222 e. The number of benzene rings is 1. The van der Waals surface area contributed by atoms with Gasteiger partial charge in [-0.3, -0.25) is 4.79 Å². The van der Waals surface area contributed by atoms with Crippen LogP contribution in [0.1, 0.15) is 50.6 Å². The maximum atomic E-state index is 12.2. The van der Waals surface area contributed by atoms with E-state index < -0.39 is 0 Å². The molecule has 1 heterocycles. The third kappa shape index (κ3) is 4.07. The number of amides is 1. The second-order valence-electron chi connectivity index (χ2n) is 5.79. The molecular weight excluding hydrogens is 248 g/mol. The van der Waals surface area contributed by atoms with Crippen LogP contribution in [0.15, 0.2) is 30.3 Å². The van der Waals surface area contributed by atoms with E-state index in [-0.39, 0.29) is 11.9 Å². The highest BCUT2D eigenvalue weighted by atomic mass is 16.2. The number of hydrogen-bond donors (Lipinski definition) is 1. The fraction of sp³-hybridized carbons (Fsp3) is 0.588. The van der Waals surface area contributed by atoms with Crippen LogP contribution >= 0.6 is 0 Å². The number of piperidine rings is 1. The maximum absolute atomic E-state index is 12.2. The summed E-state index contributed by atoms with van der Waals surface area (Å²) in [5.74, 6) is 1.08. The van der Waals surface area contributed by atoms with E-state index in [1.807, 2.05) is 35.2 Å². The molecule has 0 spiro atoms. The fourth-order valence-electron chi connectivity index (χ4n) is 2.89. The zero-order valence-corrected chi connectivity index (χ0v) is 12.4. The molecule has 1 saturated heterocycles. The van der Waals surface area contributed by atoms with Gasteiger partial charge in [-0.15, -0.1) is 0 Å². The number of rotatable bonds is 5. The van der Waals surface area contributed by atoms with Crippen LogP contribution in [-0.4, -0.2) is 23.9 Å². The third-order valence-electron chi connectivity index (χ3n) is 4.44. The Morgan fingerprint density at radius 1 is 1.30 bits per heavy atom. The Morgan fingerprint density at radius 3 is 2.55 bits per heavy atom. The molecular formula is C17H26N2O. The van der Waals surface area contributed by atoms with Gasteiger partial charge in [0.2, 0.25) is 5.91 Å². The number of nitrogens with zero attached hydrogens (tertiary/aromatic N) is 1. The van der Waals surface area contributed by atoms with Gasteiger partial charge in [-0.1, -0.05) is 43.7 Å². The molecule has 0 radical (unpaired) electrons.